The van der Waals surface area contributed by atoms with Crippen LogP contribution in [0.15, 0.2) is 23.4 Å². The van der Waals surface area contributed by atoms with E-state index in [1.54, 1.807) is 4.80 Å². The van der Waals surface area contributed by atoms with E-state index in [0.717, 1.165) is 32.1 Å². The van der Waals surface area contributed by atoms with Crippen molar-refractivity contribution < 1.29 is 4.79 Å². The average molecular weight is 375 g/mol. The van der Waals surface area contributed by atoms with Crippen molar-refractivity contribution >= 4 is 17.5 Å². The lowest BCUT2D eigenvalue weighted by Gasteiger charge is -2.61. The number of carbonyl (C=O) groups is 1. The van der Waals surface area contributed by atoms with E-state index in [1.807, 2.05) is 0 Å². The van der Waals surface area contributed by atoms with Crippen molar-refractivity contribution in [1.82, 2.24) is 30.5 Å². The summed E-state index contributed by atoms with van der Waals surface area (Å²) in [6, 6.07) is 1.42. The van der Waals surface area contributed by atoms with Crippen molar-refractivity contribution in [2.24, 2.45) is 11.8 Å². The second-order valence-electron chi connectivity index (χ2n) is 8.21. The Balaban J connectivity index is 1.46. The molecule has 4 atom stereocenters. The number of rotatable bonds is 3. The van der Waals surface area contributed by atoms with Crippen LogP contribution in [0.25, 0.3) is 0 Å². The van der Waals surface area contributed by atoms with Crippen LogP contribution in [0.3, 0.4) is 0 Å². The predicted octanol–water partition coefficient (Wildman–Crippen LogP) is 1.49. The number of aromatic nitrogens is 5. The molecule has 0 aliphatic heterocycles. The van der Waals surface area contributed by atoms with Crippen LogP contribution >= 0.6 is 11.6 Å². The number of nitrogens with one attached hydrogen (secondary N) is 2. The molecule has 4 fully saturated rings. The molecule has 2 heterocycles. The number of H-pyrrole nitrogens is 1. The van der Waals surface area contributed by atoms with E-state index in [1.165, 1.54) is 25.0 Å². The standard InChI is InChI=1S/C17H19ClN6O2/c18-13-2-12(7-19-15(13)26)14(25)22-16-3-10-1-11(4-16)6-17(5-10,8-16)24-21-9-20-23-24/h2,7,9-11H,1,3-6,8H2,(H,19,26)(H,22,25)/t10-,11+,16?,17?. The lowest BCUT2D eigenvalue weighted by Crippen LogP contribution is -2.66. The summed E-state index contributed by atoms with van der Waals surface area (Å²) in [5.74, 6) is 0.912. The molecule has 6 rings (SSSR count). The first-order valence-electron chi connectivity index (χ1n) is 8.91. The fourth-order valence-electron chi connectivity index (χ4n) is 5.88. The van der Waals surface area contributed by atoms with Crippen LogP contribution in [0, 0.1) is 11.8 Å². The van der Waals surface area contributed by atoms with Crippen LogP contribution < -0.4 is 10.9 Å². The van der Waals surface area contributed by atoms with Gasteiger partial charge in [0.05, 0.1) is 11.1 Å². The number of amides is 1. The summed E-state index contributed by atoms with van der Waals surface area (Å²) in [5.41, 5.74) is -0.444. The van der Waals surface area contributed by atoms with E-state index in [-0.39, 0.29) is 22.0 Å². The Morgan fingerprint density at radius 1 is 1.31 bits per heavy atom. The normalized spacial score (nSPS) is 34.8. The number of pyridine rings is 1. The lowest BCUT2D eigenvalue weighted by atomic mass is 9.50. The summed E-state index contributed by atoms with van der Waals surface area (Å²) in [7, 11) is 0. The van der Waals surface area contributed by atoms with Gasteiger partial charge in [-0.2, -0.15) is 4.80 Å². The molecule has 4 aliphatic rings. The fraction of sp³-hybridized carbons (Fsp3) is 0.588. The summed E-state index contributed by atoms with van der Waals surface area (Å²) in [5, 5.41) is 15.7. The molecule has 4 aliphatic carbocycles. The molecule has 0 aromatic carbocycles. The number of carbonyl (C=O) groups excluding carboxylic acids is 1. The van der Waals surface area contributed by atoms with Gasteiger partial charge in [-0.15, -0.1) is 10.2 Å². The highest BCUT2D eigenvalue weighted by Crippen LogP contribution is 2.60. The van der Waals surface area contributed by atoms with Gasteiger partial charge in [0.15, 0.2) is 6.33 Å². The second kappa shape index (κ2) is 5.39. The Morgan fingerprint density at radius 3 is 2.73 bits per heavy atom. The summed E-state index contributed by atoms with van der Waals surface area (Å²) in [6.07, 6.45) is 8.95. The molecule has 2 aromatic rings. The third-order valence-corrected chi connectivity index (χ3v) is 6.58. The zero-order valence-electron chi connectivity index (χ0n) is 14.1. The van der Waals surface area contributed by atoms with Gasteiger partial charge in [-0.05, 0) is 61.6 Å². The van der Waals surface area contributed by atoms with Crippen LogP contribution in [0.4, 0.5) is 0 Å². The molecule has 0 saturated heterocycles. The first-order chi connectivity index (χ1) is 12.5. The maximum Gasteiger partial charge on any atom is 0.266 e. The molecule has 0 radical (unpaired) electrons. The molecule has 4 saturated carbocycles. The minimum Gasteiger partial charge on any atom is -0.346 e. The van der Waals surface area contributed by atoms with Gasteiger partial charge in [0, 0.05) is 11.7 Å². The zero-order valence-corrected chi connectivity index (χ0v) is 14.9. The molecule has 26 heavy (non-hydrogen) atoms. The summed E-state index contributed by atoms with van der Waals surface area (Å²) >= 11 is 5.87. The first kappa shape index (κ1) is 16.0. The number of hydrogen-bond acceptors (Lipinski definition) is 5. The Bertz CT molecular complexity index is 910. The van der Waals surface area contributed by atoms with Gasteiger partial charge in [-0.25, -0.2) is 0 Å². The van der Waals surface area contributed by atoms with Gasteiger partial charge >= 0.3 is 0 Å². The van der Waals surface area contributed by atoms with Crippen molar-refractivity contribution in [2.75, 3.05) is 0 Å². The van der Waals surface area contributed by atoms with Crippen molar-refractivity contribution in [1.29, 1.82) is 0 Å². The highest BCUT2D eigenvalue weighted by molar-refractivity contribution is 6.30. The molecule has 136 valence electrons. The Morgan fingerprint density at radius 2 is 2.08 bits per heavy atom. The van der Waals surface area contributed by atoms with E-state index < -0.39 is 5.56 Å². The minimum absolute atomic E-state index is 0.0199. The number of aromatic amines is 1. The number of hydrogen-bond donors (Lipinski definition) is 2. The van der Waals surface area contributed by atoms with Gasteiger partial charge in [-0.3, -0.25) is 9.59 Å². The van der Waals surface area contributed by atoms with Crippen molar-refractivity contribution in [3.63, 3.8) is 0 Å². The molecule has 2 unspecified atom stereocenters. The Hall–Kier alpha value is -2.22. The van der Waals surface area contributed by atoms with Gasteiger partial charge in [-0.1, -0.05) is 11.6 Å². The first-order valence-corrected chi connectivity index (χ1v) is 9.29. The van der Waals surface area contributed by atoms with Crippen LogP contribution in [-0.4, -0.2) is 36.6 Å². The molecule has 2 N–H and O–H groups in total. The molecular formula is C17H19ClN6O2. The van der Waals surface area contributed by atoms with Gasteiger partial charge in [0.2, 0.25) is 0 Å². The molecule has 0 spiro atoms. The number of nitrogens with zero attached hydrogens (tertiary/aromatic N) is 4. The van der Waals surface area contributed by atoms with E-state index in [9.17, 15) is 9.59 Å². The summed E-state index contributed by atoms with van der Waals surface area (Å²) < 4.78 is 0. The lowest BCUT2D eigenvalue weighted by molar-refractivity contribution is -0.0810. The molecule has 8 nitrogen and oxygen atoms in total. The van der Waals surface area contributed by atoms with Gasteiger partial charge in [0.25, 0.3) is 11.5 Å². The minimum atomic E-state index is -0.394. The van der Waals surface area contributed by atoms with Crippen LogP contribution in [0.5, 0.6) is 0 Å². The third-order valence-electron chi connectivity index (χ3n) is 6.30. The Labute approximate surface area is 154 Å². The van der Waals surface area contributed by atoms with Crippen molar-refractivity contribution in [3.05, 3.63) is 39.5 Å². The monoisotopic (exact) mass is 374 g/mol. The van der Waals surface area contributed by atoms with E-state index >= 15 is 0 Å². The van der Waals surface area contributed by atoms with Crippen molar-refractivity contribution in [2.45, 2.75) is 49.6 Å². The number of tetrazole rings is 1. The average Bonchev–Trinajstić information content (AvgIpc) is 3.11. The van der Waals surface area contributed by atoms with E-state index in [2.05, 4.69) is 25.7 Å². The van der Waals surface area contributed by atoms with Gasteiger partial charge < -0.3 is 10.3 Å². The van der Waals surface area contributed by atoms with E-state index in [4.69, 9.17) is 11.6 Å². The zero-order chi connectivity index (χ0) is 17.9. The quantitative estimate of drug-likeness (QED) is 0.846. The third kappa shape index (κ3) is 2.39. The highest BCUT2D eigenvalue weighted by Gasteiger charge is 2.60. The van der Waals surface area contributed by atoms with Gasteiger partial charge in [0.1, 0.15) is 5.02 Å². The molecule has 9 heteroatoms. The number of halogens is 1. The molecular weight excluding hydrogens is 356 g/mol. The second-order valence-corrected chi connectivity index (χ2v) is 8.62. The van der Waals surface area contributed by atoms with Crippen LogP contribution in [0.2, 0.25) is 5.02 Å². The predicted molar refractivity (Wildman–Crippen MR) is 92.7 cm³/mol. The molecule has 2 aromatic heterocycles. The molecule has 4 bridgehead atoms. The fourth-order valence-corrected chi connectivity index (χ4v) is 6.05. The highest BCUT2D eigenvalue weighted by atomic mass is 35.5. The molecule has 1 amide bonds. The van der Waals surface area contributed by atoms with Crippen LogP contribution in [0.1, 0.15) is 48.9 Å². The smallest absolute Gasteiger partial charge is 0.266 e. The topological polar surface area (TPSA) is 106 Å². The maximum absolute atomic E-state index is 12.8. The largest absolute Gasteiger partial charge is 0.346 e. The summed E-state index contributed by atoms with van der Waals surface area (Å²) in [4.78, 5) is 28.5. The Kier molecular flexibility index (Phi) is 3.31. The van der Waals surface area contributed by atoms with Crippen molar-refractivity contribution in [3.8, 4) is 0 Å². The maximum atomic E-state index is 12.8. The van der Waals surface area contributed by atoms with Crippen LogP contribution in [-0.2, 0) is 5.54 Å². The summed E-state index contributed by atoms with van der Waals surface area (Å²) in [6.45, 7) is 0. The SMILES string of the molecule is O=C(NC12C[C@H]3C[C@@H](C1)CC(n1ncnn1)(C3)C2)c1c[nH]c(=O)c(Cl)c1. The van der Waals surface area contributed by atoms with E-state index in [0.29, 0.717) is 17.4 Å².